The summed E-state index contributed by atoms with van der Waals surface area (Å²) >= 11 is 3.50. The fourth-order valence-corrected chi connectivity index (χ4v) is 2.71. The molecule has 0 aliphatic carbocycles. The number of morpholine rings is 1. The van der Waals surface area contributed by atoms with Gasteiger partial charge in [-0.1, -0.05) is 15.9 Å². The molecule has 0 aromatic carbocycles. The summed E-state index contributed by atoms with van der Waals surface area (Å²) < 4.78 is 5.99. The van der Waals surface area contributed by atoms with Crippen LogP contribution in [0.25, 0.3) is 0 Å². The minimum atomic E-state index is -0.169. The van der Waals surface area contributed by atoms with Gasteiger partial charge in [-0.2, -0.15) is 0 Å². The van der Waals surface area contributed by atoms with Crippen LogP contribution in [0.2, 0.25) is 0 Å². The van der Waals surface area contributed by atoms with Gasteiger partial charge in [0.05, 0.1) is 11.7 Å². The Hall–Kier alpha value is -0.680. The van der Waals surface area contributed by atoms with Crippen molar-refractivity contribution in [3.05, 3.63) is 17.5 Å². The Kier molecular flexibility index (Phi) is 3.92. The van der Waals surface area contributed by atoms with Crippen LogP contribution >= 0.6 is 15.9 Å². The SMILES string of the molecule is Cc1cc(C)nc(N2CC(CBr)OC(C)(C)C2)n1. The van der Waals surface area contributed by atoms with Gasteiger partial charge in [0.2, 0.25) is 5.95 Å². The first-order valence-electron chi connectivity index (χ1n) is 6.20. The standard InChI is InChI=1S/C13H20BrN3O/c1-9-5-10(2)16-12(15-9)17-7-11(6-14)18-13(3,4)8-17/h5,11H,6-8H2,1-4H3. The largest absolute Gasteiger partial charge is 0.368 e. The van der Waals surface area contributed by atoms with Crippen LogP contribution in [0.1, 0.15) is 25.2 Å². The highest BCUT2D eigenvalue weighted by molar-refractivity contribution is 9.09. The van der Waals surface area contributed by atoms with E-state index in [4.69, 9.17) is 4.74 Å². The molecule has 18 heavy (non-hydrogen) atoms. The van der Waals surface area contributed by atoms with Crippen molar-refractivity contribution in [1.29, 1.82) is 0 Å². The Bertz CT molecular complexity index is 416. The molecule has 0 bridgehead atoms. The van der Waals surface area contributed by atoms with E-state index in [1.807, 2.05) is 19.9 Å². The van der Waals surface area contributed by atoms with Crippen LogP contribution in [-0.2, 0) is 4.74 Å². The summed E-state index contributed by atoms with van der Waals surface area (Å²) in [6, 6.07) is 2.00. The second-order valence-corrected chi connectivity index (χ2v) is 6.13. The maximum Gasteiger partial charge on any atom is 0.225 e. The van der Waals surface area contributed by atoms with Crippen molar-refractivity contribution >= 4 is 21.9 Å². The number of halogens is 1. The number of alkyl halides is 1. The van der Waals surface area contributed by atoms with Crippen molar-refractivity contribution in [3.63, 3.8) is 0 Å². The number of hydrogen-bond donors (Lipinski definition) is 0. The van der Waals surface area contributed by atoms with E-state index < -0.39 is 0 Å². The fraction of sp³-hybridized carbons (Fsp3) is 0.692. The van der Waals surface area contributed by atoms with Crippen molar-refractivity contribution in [1.82, 2.24) is 9.97 Å². The number of ether oxygens (including phenoxy) is 1. The van der Waals surface area contributed by atoms with Crippen molar-refractivity contribution in [3.8, 4) is 0 Å². The molecule has 1 aliphatic heterocycles. The minimum absolute atomic E-state index is 0.169. The van der Waals surface area contributed by atoms with Crippen LogP contribution in [0, 0.1) is 13.8 Å². The average molecular weight is 314 g/mol. The Morgan fingerprint density at radius 3 is 2.56 bits per heavy atom. The first-order valence-corrected chi connectivity index (χ1v) is 7.33. The molecule has 4 nitrogen and oxygen atoms in total. The van der Waals surface area contributed by atoms with Gasteiger partial charge >= 0.3 is 0 Å². The molecule has 2 heterocycles. The highest BCUT2D eigenvalue weighted by atomic mass is 79.9. The Labute approximate surface area is 117 Å². The van der Waals surface area contributed by atoms with Gasteiger partial charge in [-0.25, -0.2) is 9.97 Å². The molecule has 1 unspecified atom stereocenters. The molecule has 100 valence electrons. The summed E-state index contributed by atoms with van der Waals surface area (Å²) in [5, 5.41) is 0.831. The Morgan fingerprint density at radius 2 is 2.00 bits per heavy atom. The van der Waals surface area contributed by atoms with Crippen molar-refractivity contribution in [2.24, 2.45) is 0 Å². The number of aryl methyl sites for hydroxylation is 2. The van der Waals surface area contributed by atoms with E-state index in [0.717, 1.165) is 35.8 Å². The predicted molar refractivity (Wildman–Crippen MR) is 76.5 cm³/mol. The molecule has 1 aromatic heterocycles. The van der Waals surface area contributed by atoms with Crippen LogP contribution in [0.4, 0.5) is 5.95 Å². The molecular weight excluding hydrogens is 294 g/mol. The van der Waals surface area contributed by atoms with E-state index in [-0.39, 0.29) is 11.7 Å². The molecular formula is C13H20BrN3O. The number of rotatable bonds is 2. The normalized spacial score (nSPS) is 23.2. The van der Waals surface area contributed by atoms with Gasteiger partial charge in [0.1, 0.15) is 0 Å². The number of anilines is 1. The van der Waals surface area contributed by atoms with Gasteiger partial charge in [0.15, 0.2) is 0 Å². The molecule has 0 spiro atoms. The summed E-state index contributed by atoms with van der Waals surface area (Å²) in [7, 11) is 0. The lowest BCUT2D eigenvalue weighted by Crippen LogP contribution is -2.54. The Morgan fingerprint density at radius 1 is 1.39 bits per heavy atom. The van der Waals surface area contributed by atoms with E-state index in [9.17, 15) is 0 Å². The molecule has 1 aromatic rings. The van der Waals surface area contributed by atoms with Gasteiger partial charge in [-0.15, -0.1) is 0 Å². The number of hydrogen-bond acceptors (Lipinski definition) is 4. The number of aromatic nitrogens is 2. The third-order valence-corrected chi connectivity index (χ3v) is 3.63. The molecule has 1 fully saturated rings. The summed E-state index contributed by atoms with van der Waals surface area (Å²) in [6.45, 7) is 9.88. The zero-order valence-electron chi connectivity index (χ0n) is 11.4. The monoisotopic (exact) mass is 313 g/mol. The lowest BCUT2D eigenvalue weighted by Gasteiger charge is -2.42. The van der Waals surface area contributed by atoms with Crippen molar-refractivity contribution in [2.75, 3.05) is 23.3 Å². The maximum atomic E-state index is 5.99. The summed E-state index contributed by atoms with van der Waals surface area (Å²) in [6.07, 6.45) is 0.179. The van der Waals surface area contributed by atoms with Gasteiger partial charge in [0, 0.05) is 29.8 Å². The summed E-state index contributed by atoms with van der Waals surface area (Å²) in [5.74, 6) is 0.815. The quantitative estimate of drug-likeness (QED) is 0.786. The third-order valence-electron chi connectivity index (χ3n) is 2.91. The smallest absolute Gasteiger partial charge is 0.225 e. The lowest BCUT2D eigenvalue weighted by atomic mass is 10.1. The van der Waals surface area contributed by atoms with Gasteiger partial charge in [0.25, 0.3) is 0 Å². The summed E-state index contributed by atoms with van der Waals surface area (Å²) in [4.78, 5) is 11.3. The molecule has 2 rings (SSSR count). The van der Waals surface area contributed by atoms with Gasteiger partial charge in [-0.05, 0) is 33.8 Å². The second-order valence-electron chi connectivity index (χ2n) is 5.49. The highest BCUT2D eigenvalue weighted by Gasteiger charge is 2.34. The molecule has 0 amide bonds. The molecule has 1 saturated heterocycles. The van der Waals surface area contributed by atoms with E-state index in [1.54, 1.807) is 0 Å². The molecule has 0 saturated carbocycles. The average Bonchev–Trinajstić information content (AvgIpc) is 2.25. The van der Waals surface area contributed by atoms with Crippen LogP contribution < -0.4 is 4.90 Å². The molecule has 0 radical (unpaired) electrons. The zero-order valence-corrected chi connectivity index (χ0v) is 13.0. The van der Waals surface area contributed by atoms with Crippen LogP contribution in [0.15, 0.2) is 6.07 Å². The molecule has 1 aliphatic rings. The van der Waals surface area contributed by atoms with Crippen molar-refractivity contribution < 1.29 is 4.74 Å². The first-order chi connectivity index (χ1) is 8.39. The fourth-order valence-electron chi connectivity index (χ4n) is 2.38. The second kappa shape index (κ2) is 5.13. The van der Waals surface area contributed by atoms with E-state index in [1.165, 1.54) is 0 Å². The number of nitrogens with zero attached hydrogens (tertiary/aromatic N) is 3. The van der Waals surface area contributed by atoms with E-state index >= 15 is 0 Å². The van der Waals surface area contributed by atoms with Crippen LogP contribution in [0.5, 0.6) is 0 Å². The zero-order chi connectivity index (χ0) is 13.3. The summed E-state index contributed by atoms with van der Waals surface area (Å²) in [5.41, 5.74) is 1.85. The maximum absolute atomic E-state index is 5.99. The third kappa shape index (κ3) is 3.20. The highest BCUT2D eigenvalue weighted by Crippen LogP contribution is 2.25. The lowest BCUT2D eigenvalue weighted by molar-refractivity contribution is -0.0728. The van der Waals surface area contributed by atoms with Gasteiger partial charge in [-0.3, -0.25) is 0 Å². The molecule has 1 atom stereocenters. The van der Waals surface area contributed by atoms with Crippen molar-refractivity contribution in [2.45, 2.75) is 39.4 Å². The topological polar surface area (TPSA) is 38.2 Å². The van der Waals surface area contributed by atoms with Crippen LogP contribution in [0.3, 0.4) is 0 Å². The minimum Gasteiger partial charge on any atom is -0.368 e. The molecule has 5 heteroatoms. The van der Waals surface area contributed by atoms with Crippen LogP contribution in [-0.4, -0.2) is 40.1 Å². The molecule has 0 N–H and O–H groups in total. The first kappa shape index (κ1) is 13.7. The van der Waals surface area contributed by atoms with E-state index in [0.29, 0.717) is 0 Å². The van der Waals surface area contributed by atoms with Gasteiger partial charge < -0.3 is 9.64 Å². The van der Waals surface area contributed by atoms with E-state index in [2.05, 4.69) is 44.6 Å². The Balaban J connectivity index is 2.26. The predicted octanol–water partition coefficient (Wildman–Crippen LogP) is 2.47.